The number of benzene rings is 3. The number of carbonyl (C=O) groups excluding carboxylic acids is 1. The van der Waals surface area contributed by atoms with Gasteiger partial charge >= 0.3 is 11.9 Å². The van der Waals surface area contributed by atoms with E-state index >= 15 is 0 Å². The van der Waals surface area contributed by atoms with Gasteiger partial charge in [-0.05, 0) is 25.3 Å². The van der Waals surface area contributed by atoms with E-state index in [0.717, 1.165) is 11.6 Å². The van der Waals surface area contributed by atoms with E-state index in [1.54, 1.807) is 6.92 Å². The zero-order valence-corrected chi connectivity index (χ0v) is 26.8. The maximum absolute atomic E-state index is 13.2. The summed E-state index contributed by atoms with van der Waals surface area (Å²) < 4.78 is 33.5. The van der Waals surface area contributed by atoms with E-state index in [1.165, 1.54) is 13.2 Å². The lowest BCUT2D eigenvalue weighted by molar-refractivity contribution is -0.277. The molecule has 7 N–H and O–H groups in total. The lowest BCUT2D eigenvalue weighted by Gasteiger charge is -2.40. The number of carbonyl (C=O) groups is 2. The van der Waals surface area contributed by atoms with Crippen molar-refractivity contribution in [1.82, 2.24) is 0 Å². The van der Waals surface area contributed by atoms with E-state index in [2.05, 4.69) is 5.32 Å². The minimum atomic E-state index is -1.81. The molecular formula is C34H39NO14. The van der Waals surface area contributed by atoms with Gasteiger partial charge in [-0.25, -0.2) is 9.59 Å². The Bertz CT molecular complexity index is 1650. The molecule has 1 fully saturated rings. The van der Waals surface area contributed by atoms with Crippen LogP contribution in [-0.2, 0) is 22.3 Å². The number of aliphatic hydroxyl groups excluding tert-OH is 3. The number of aromatic hydroxyl groups is 2. The van der Waals surface area contributed by atoms with Crippen molar-refractivity contribution in [2.24, 2.45) is 0 Å². The van der Waals surface area contributed by atoms with E-state index in [0.29, 0.717) is 31.4 Å². The molecule has 0 bridgehead atoms. The molecule has 0 aliphatic carbocycles. The van der Waals surface area contributed by atoms with Crippen LogP contribution in [0.5, 0.6) is 34.5 Å². The molecule has 5 rings (SSSR count). The standard InChI is InChI=1S/C34H39NO14/c1-3-35-20-15-22(30-18(10-7-12-45-30)24(20)32(41)42)48-34-29(40)28(39)26(37)23(49-34)16-47-33(43)19-14-21(44-2)27(38)31(25(19)36)46-13-11-17-8-5-4-6-9-17/h4-6,8-9,14-15,23,26,28-29,34-40H,3,7,10-13,16H2,1-2H3,(H,41,42)/t23-,26-,28+,29-,34+/m1/s1. The molecule has 0 aromatic heterocycles. The fourth-order valence-corrected chi connectivity index (χ4v) is 5.67. The highest BCUT2D eigenvalue weighted by atomic mass is 16.7. The number of anilines is 1. The minimum Gasteiger partial charge on any atom is -0.504 e. The number of aromatic carboxylic acids is 1. The van der Waals surface area contributed by atoms with E-state index < -0.39 is 72.1 Å². The summed E-state index contributed by atoms with van der Waals surface area (Å²) in [6, 6.07) is 11.8. The Kier molecular flexibility index (Phi) is 11.2. The average molecular weight is 686 g/mol. The highest BCUT2D eigenvalue weighted by Gasteiger charge is 2.46. The number of fused-ring (bicyclic) bond motifs is 1. The number of carboxylic acid groups (broad SMARTS) is 1. The summed E-state index contributed by atoms with van der Waals surface area (Å²) in [5.74, 6) is -3.95. The Morgan fingerprint density at radius 3 is 2.45 bits per heavy atom. The smallest absolute Gasteiger partial charge is 0.342 e. The molecule has 5 atom stereocenters. The first-order valence-corrected chi connectivity index (χ1v) is 15.7. The van der Waals surface area contributed by atoms with Crippen LogP contribution in [0.15, 0.2) is 42.5 Å². The van der Waals surface area contributed by atoms with Crippen LogP contribution in [0.3, 0.4) is 0 Å². The molecule has 2 heterocycles. The predicted octanol–water partition coefficient (Wildman–Crippen LogP) is 2.23. The summed E-state index contributed by atoms with van der Waals surface area (Å²) in [6.45, 7) is 1.83. The Morgan fingerprint density at radius 2 is 1.76 bits per heavy atom. The molecule has 0 amide bonds. The van der Waals surface area contributed by atoms with Crippen LogP contribution in [0.4, 0.5) is 5.69 Å². The molecule has 2 aliphatic heterocycles. The van der Waals surface area contributed by atoms with Gasteiger partial charge in [-0.2, -0.15) is 0 Å². The lowest BCUT2D eigenvalue weighted by Crippen LogP contribution is -2.60. The van der Waals surface area contributed by atoms with Gasteiger partial charge in [0.2, 0.25) is 17.8 Å². The topological polar surface area (TPSA) is 223 Å². The Hall–Kier alpha value is -4.96. The largest absolute Gasteiger partial charge is 0.504 e. The van der Waals surface area contributed by atoms with E-state index in [-0.39, 0.29) is 41.7 Å². The normalized spacial score (nSPS) is 21.5. The van der Waals surface area contributed by atoms with Crippen LogP contribution >= 0.6 is 0 Å². The maximum Gasteiger partial charge on any atom is 0.342 e. The van der Waals surface area contributed by atoms with Crippen LogP contribution in [0.1, 0.15) is 45.2 Å². The fraction of sp³-hybridized carbons (Fsp3) is 0.412. The first-order valence-electron chi connectivity index (χ1n) is 15.7. The number of nitrogens with one attached hydrogen (secondary N) is 1. The number of phenols is 2. The molecule has 0 unspecified atom stereocenters. The number of phenolic OH excluding ortho intramolecular Hbond substituents is 2. The number of aliphatic hydroxyl groups is 3. The minimum absolute atomic E-state index is 0.0214. The third kappa shape index (κ3) is 7.54. The Labute approximate surface area is 281 Å². The second-order valence-corrected chi connectivity index (χ2v) is 11.4. The number of rotatable bonds is 13. The Morgan fingerprint density at radius 1 is 1.00 bits per heavy atom. The zero-order valence-electron chi connectivity index (χ0n) is 26.8. The molecule has 0 radical (unpaired) electrons. The van der Waals surface area contributed by atoms with Gasteiger partial charge in [-0.3, -0.25) is 0 Å². The summed E-state index contributed by atoms with van der Waals surface area (Å²) in [5, 5.41) is 66.4. The van der Waals surface area contributed by atoms with Crippen LogP contribution in [0.25, 0.3) is 0 Å². The molecule has 3 aromatic carbocycles. The average Bonchev–Trinajstić information content (AvgIpc) is 3.09. The molecule has 264 valence electrons. The number of carboxylic acids is 1. The molecule has 2 aliphatic rings. The van der Waals surface area contributed by atoms with Gasteiger partial charge < -0.3 is 64.4 Å². The van der Waals surface area contributed by atoms with Crippen LogP contribution in [0, 0.1) is 0 Å². The predicted molar refractivity (Wildman–Crippen MR) is 171 cm³/mol. The molecule has 15 nitrogen and oxygen atoms in total. The van der Waals surface area contributed by atoms with Crippen molar-refractivity contribution in [1.29, 1.82) is 0 Å². The molecule has 0 spiro atoms. The molecular weight excluding hydrogens is 646 g/mol. The van der Waals surface area contributed by atoms with Gasteiger partial charge in [0.05, 0.1) is 31.6 Å². The number of esters is 1. The van der Waals surface area contributed by atoms with Crippen LogP contribution in [0.2, 0.25) is 0 Å². The third-order valence-electron chi connectivity index (χ3n) is 8.15. The molecule has 1 saturated heterocycles. The van der Waals surface area contributed by atoms with Gasteiger partial charge in [0, 0.05) is 30.7 Å². The SMILES string of the molecule is CCNc1cc(O[C@H]2O[C@H](COC(=O)c3cc(OC)c(O)c(OCCc4ccccc4)c3O)[C@@H](O)[C@H](O)[C@H]2O)c2c(c1C(=O)O)CCCO2. The van der Waals surface area contributed by atoms with Crippen LogP contribution in [-0.4, -0.2) is 107 Å². The summed E-state index contributed by atoms with van der Waals surface area (Å²) in [4.78, 5) is 25.3. The van der Waals surface area contributed by atoms with Crippen molar-refractivity contribution < 1.29 is 68.6 Å². The number of ether oxygens (including phenoxy) is 6. The highest BCUT2D eigenvalue weighted by molar-refractivity contribution is 5.98. The first kappa shape index (κ1) is 35.3. The quantitative estimate of drug-likeness (QED) is 0.128. The molecule has 3 aromatic rings. The molecule has 49 heavy (non-hydrogen) atoms. The summed E-state index contributed by atoms with van der Waals surface area (Å²) >= 11 is 0. The molecule has 15 heteroatoms. The third-order valence-corrected chi connectivity index (χ3v) is 8.15. The van der Waals surface area contributed by atoms with E-state index in [1.807, 2.05) is 30.3 Å². The van der Waals surface area contributed by atoms with Gasteiger partial charge in [0.25, 0.3) is 0 Å². The van der Waals surface area contributed by atoms with Gasteiger partial charge in [0.15, 0.2) is 23.0 Å². The second kappa shape index (κ2) is 15.5. The molecule has 0 saturated carbocycles. The highest BCUT2D eigenvalue weighted by Crippen LogP contribution is 2.46. The van der Waals surface area contributed by atoms with Gasteiger partial charge in [0.1, 0.15) is 36.6 Å². The van der Waals surface area contributed by atoms with E-state index in [4.69, 9.17) is 28.4 Å². The van der Waals surface area contributed by atoms with Gasteiger partial charge in [-0.1, -0.05) is 30.3 Å². The number of hydrogen-bond donors (Lipinski definition) is 7. The van der Waals surface area contributed by atoms with Crippen molar-refractivity contribution >= 4 is 17.6 Å². The summed E-state index contributed by atoms with van der Waals surface area (Å²) in [7, 11) is 1.24. The van der Waals surface area contributed by atoms with Crippen molar-refractivity contribution in [2.75, 3.05) is 38.8 Å². The fourth-order valence-electron chi connectivity index (χ4n) is 5.67. The van der Waals surface area contributed by atoms with Crippen LogP contribution < -0.4 is 24.3 Å². The van der Waals surface area contributed by atoms with Crippen molar-refractivity contribution in [2.45, 2.75) is 56.9 Å². The maximum atomic E-state index is 13.2. The van der Waals surface area contributed by atoms with Crippen molar-refractivity contribution in [3.63, 3.8) is 0 Å². The lowest BCUT2D eigenvalue weighted by atomic mass is 9.97. The monoisotopic (exact) mass is 685 g/mol. The van der Waals surface area contributed by atoms with Crippen molar-refractivity contribution in [3.05, 3.63) is 64.7 Å². The Balaban J connectivity index is 1.33. The summed E-state index contributed by atoms with van der Waals surface area (Å²) in [6.07, 6.45) is -6.99. The zero-order chi connectivity index (χ0) is 35.2. The van der Waals surface area contributed by atoms with Crippen molar-refractivity contribution in [3.8, 4) is 34.5 Å². The second-order valence-electron chi connectivity index (χ2n) is 11.4. The van der Waals surface area contributed by atoms with Gasteiger partial charge in [-0.15, -0.1) is 0 Å². The number of methoxy groups -OCH3 is 1. The first-order chi connectivity index (χ1) is 23.5. The van der Waals surface area contributed by atoms with E-state index in [9.17, 15) is 40.2 Å². The number of hydrogen-bond acceptors (Lipinski definition) is 14. The summed E-state index contributed by atoms with van der Waals surface area (Å²) in [5.41, 5.74) is 1.16.